The third kappa shape index (κ3) is 4.69. The fraction of sp³-hybridized carbons (Fsp3) is 0.0169. The summed E-state index contributed by atoms with van der Waals surface area (Å²) in [4.78, 5) is 2.35. The van der Waals surface area contributed by atoms with Gasteiger partial charge in [-0.25, -0.2) is 0 Å². The van der Waals surface area contributed by atoms with Crippen molar-refractivity contribution in [2.24, 2.45) is 0 Å². The summed E-state index contributed by atoms with van der Waals surface area (Å²) >= 11 is 0. The number of hydrogen-bond donors (Lipinski definition) is 0. The Morgan fingerprint density at radius 2 is 1.03 bits per heavy atom. The molecule has 0 amide bonds. The highest BCUT2D eigenvalue weighted by Crippen LogP contribution is 2.61. The Morgan fingerprint density at radius 3 is 1.95 bits per heavy atom. The first-order valence-corrected chi connectivity index (χ1v) is 21.6. The van der Waals surface area contributed by atoms with Gasteiger partial charge in [-0.05, 0) is 93.7 Å². The second-order valence-electron chi connectivity index (χ2n) is 16.8. The number of benzene rings is 10. The highest BCUT2D eigenvalue weighted by Gasteiger charge is 2.49. The van der Waals surface area contributed by atoms with Crippen LogP contribution in [0.1, 0.15) is 22.3 Å². The minimum atomic E-state index is -0.606. The van der Waals surface area contributed by atoms with Gasteiger partial charge >= 0.3 is 0 Å². The van der Waals surface area contributed by atoms with Crippen molar-refractivity contribution in [3.05, 3.63) is 241 Å². The Labute approximate surface area is 363 Å². The van der Waals surface area contributed by atoms with E-state index in [-0.39, 0.29) is 0 Å². The lowest BCUT2D eigenvalue weighted by atomic mass is 9.58. The van der Waals surface area contributed by atoms with Gasteiger partial charge in [0.15, 0.2) is 0 Å². The van der Waals surface area contributed by atoms with Gasteiger partial charge in [0, 0.05) is 67.6 Å². The van der Waals surface area contributed by atoms with Crippen LogP contribution in [-0.4, -0.2) is 4.57 Å². The summed E-state index contributed by atoms with van der Waals surface area (Å²) in [7, 11) is 0. The third-order valence-electron chi connectivity index (χ3n) is 13.6. The molecular formula is C59H36N2O2. The van der Waals surface area contributed by atoms with Crippen LogP contribution in [0.5, 0.6) is 11.5 Å². The van der Waals surface area contributed by atoms with Gasteiger partial charge in [-0.15, -0.1) is 0 Å². The Hall–Kier alpha value is -8.34. The maximum Gasteiger partial charge on any atom is 0.137 e. The summed E-state index contributed by atoms with van der Waals surface area (Å²) in [6.07, 6.45) is 0. The fourth-order valence-corrected chi connectivity index (χ4v) is 11.1. The first-order chi connectivity index (χ1) is 31.2. The van der Waals surface area contributed by atoms with Crippen LogP contribution in [0.4, 0.5) is 17.1 Å². The summed E-state index contributed by atoms with van der Waals surface area (Å²) in [5.74, 6) is 1.71. The molecule has 1 aliphatic carbocycles. The van der Waals surface area contributed by atoms with Crippen LogP contribution in [-0.2, 0) is 5.41 Å². The molecule has 1 unspecified atom stereocenters. The van der Waals surface area contributed by atoms with Crippen molar-refractivity contribution in [3.8, 4) is 28.3 Å². The van der Waals surface area contributed by atoms with Crippen molar-refractivity contribution in [2.45, 2.75) is 5.41 Å². The van der Waals surface area contributed by atoms with Gasteiger partial charge in [-0.3, -0.25) is 0 Å². The van der Waals surface area contributed by atoms with E-state index < -0.39 is 5.41 Å². The van der Waals surface area contributed by atoms with Crippen LogP contribution in [0.2, 0.25) is 0 Å². The average molecular weight is 805 g/mol. The lowest BCUT2D eigenvalue weighted by molar-refractivity contribution is 0.435. The monoisotopic (exact) mass is 804 g/mol. The van der Waals surface area contributed by atoms with E-state index in [0.29, 0.717) is 0 Å². The van der Waals surface area contributed by atoms with Crippen molar-refractivity contribution in [1.29, 1.82) is 0 Å². The maximum atomic E-state index is 7.07. The molecule has 1 atom stereocenters. The number of anilines is 3. The predicted octanol–water partition coefficient (Wildman–Crippen LogP) is 15.8. The van der Waals surface area contributed by atoms with E-state index in [0.717, 1.165) is 78.3 Å². The van der Waals surface area contributed by atoms with E-state index in [1.165, 1.54) is 43.8 Å². The lowest BCUT2D eigenvalue weighted by Gasteiger charge is -2.45. The van der Waals surface area contributed by atoms with E-state index in [4.69, 9.17) is 9.15 Å². The first kappa shape index (κ1) is 34.4. The Balaban J connectivity index is 0.999. The van der Waals surface area contributed by atoms with Gasteiger partial charge in [-0.2, -0.15) is 0 Å². The molecule has 0 bridgehead atoms. The van der Waals surface area contributed by atoms with Crippen molar-refractivity contribution >= 4 is 71.6 Å². The van der Waals surface area contributed by atoms with Gasteiger partial charge in [0.25, 0.3) is 0 Å². The van der Waals surface area contributed by atoms with E-state index in [9.17, 15) is 0 Å². The molecular weight excluding hydrogens is 769 g/mol. The van der Waals surface area contributed by atoms with Gasteiger partial charge in [-0.1, -0.05) is 146 Å². The second-order valence-corrected chi connectivity index (χ2v) is 16.8. The van der Waals surface area contributed by atoms with Crippen LogP contribution in [0, 0.1) is 0 Å². The third-order valence-corrected chi connectivity index (χ3v) is 13.6. The van der Waals surface area contributed by atoms with E-state index >= 15 is 0 Å². The van der Waals surface area contributed by atoms with E-state index in [1.807, 2.05) is 12.1 Å². The zero-order chi connectivity index (χ0) is 41.2. The van der Waals surface area contributed by atoms with Crippen LogP contribution < -0.4 is 9.64 Å². The van der Waals surface area contributed by atoms with Crippen molar-refractivity contribution in [1.82, 2.24) is 4.57 Å². The number of nitrogens with zero attached hydrogens (tertiary/aromatic N) is 2. The molecule has 0 fully saturated rings. The summed E-state index contributed by atoms with van der Waals surface area (Å²) in [6, 6.07) is 78.9. The molecule has 3 heterocycles. The molecule has 1 spiro atoms. The first-order valence-electron chi connectivity index (χ1n) is 21.6. The molecule has 0 radical (unpaired) electrons. The van der Waals surface area contributed by atoms with E-state index in [2.05, 4.69) is 216 Å². The Bertz CT molecular complexity index is 3850. The highest BCUT2D eigenvalue weighted by molar-refractivity contribution is 6.12. The molecule has 63 heavy (non-hydrogen) atoms. The van der Waals surface area contributed by atoms with Gasteiger partial charge in [0.1, 0.15) is 22.7 Å². The molecule has 0 saturated carbocycles. The Kier molecular flexibility index (Phi) is 7.01. The Morgan fingerprint density at radius 1 is 0.381 bits per heavy atom. The SMILES string of the molecule is c1ccc(N(c2ccc3c(c2)Oc2ccccc2C32c3ccccc3-c3cccc4cccc2c34)c2ccc3c4ccccc4n(-c4ccc5c(c4)oc4ccccc45)c3c2)cc1. The zero-order valence-electron chi connectivity index (χ0n) is 34.0. The van der Waals surface area contributed by atoms with Crippen molar-refractivity contribution in [3.63, 3.8) is 0 Å². The zero-order valence-corrected chi connectivity index (χ0v) is 34.0. The summed E-state index contributed by atoms with van der Waals surface area (Å²) in [5, 5.41) is 7.15. The molecule has 4 heteroatoms. The average Bonchev–Trinajstić information content (AvgIpc) is 3.88. The van der Waals surface area contributed by atoms with Crippen molar-refractivity contribution in [2.75, 3.05) is 4.90 Å². The number of hydrogen-bond acceptors (Lipinski definition) is 3. The predicted molar refractivity (Wildman–Crippen MR) is 258 cm³/mol. The molecule has 1 aliphatic heterocycles. The standard InChI is InChI=1S/C59H36N2O2/c1-2-16-38(17-3-1)60(39-28-31-44-43-19-5-9-25-52(43)61(53(44)34-39)41-29-32-46-45-20-6-10-26-54(45)62-56(46)35-41)40-30-33-50-57(36-40)63-55-27-11-8-23-49(55)59(50)48-22-7-4-18-42(48)47-21-12-14-37-15-13-24-51(59)58(37)47/h1-36H. The molecule has 2 aliphatic rings. The van der Waals surface area contributed by atoms with Crippen LogP contribution in [0.15, 0.2) is 223 Å². The normalized spacial score (nSPS) is 14.9. The lowest BCUT2D eigenvalue weighted by Crippen LogP contribution is -2.36. The smallest absolute Gasteiger partial charge is 0.137 e. The molecule has 294 valence electrons. The second kappa shape index (κ2) is 12.8. The summed E-state index contributed by atoms with van der Waals surface area (Å²) in [5.41, 5.74) is 14.9. The van der Waals surface area contributed by atoms with Crippen LogP contribution in [0.3, 0.4) is 0 Å². The molecule has 2 aromatic heterocycles. The summed E-state index contributed by atoms with van der Waals surface area (Å²) in [6.45, 7) is 0. The number of ether oxygens (including phenoxy) is 1. The van der Waals surface area contributed by atoms with Gasteiger partial charge in [0.2, 0.25) is 0 Å². The molecule has 0 saturated heterocycles. The molecule has 10 aromatic carbocycles. The minimum Gasteiger partial charge on any atom is -0.457 e. The maximum absolute atomic E-state index is 7.07. The molecule has 0 N–H and O–H groups in total. The van der Waals surface area contributed by atoms with Gasteiger partial charge < -0.3 is 18.6 Å². The highest BCUT2D eigenvalue weighted by atomic mass is 16.5. The molecule has 14 rings (SSSR count). The van der Waals surface area contributed by atoms with Crippen LogP contribution >= 0.6 is 0 Å². The van der Waals surface area contributed by atoms with Gasteiger partial charge in [0.05, 0.1) is 16.4 Å². The summed E-state index contributed by atoms with van der Waals surface area (Å²) < 4.78 is 15.9. The number of rotatable bonds is 4. The minimum absolute atomic E-state index is 0.606. The topological polar surface area (TPSA) is 30.5 Å². The van der Waals surface area contributed by atoms with Crippen LogP contribution in [0.25, 0.3) is 71.3 Å². The van der Waals surface area contributed by atoms with Crippen molar-refractivity contribution < 1.29 is 9.15 Å². The fourth-order valence-electron chi connectivity index (χ4n) is 11.1. The largest absolute Gasteiger partial charge is 0.457 e. The number of fused-ring (bicyclic) bond motifs is 14. The number of aromatic nitrogens is 1. The molecule has 4 nitrogen and oxygen atoms in total. The number of furan rings is 1. The van der Waals surface area contributed by atoms with E-state index in [1.54, 1.807) is 0 Å². The number of para-hydroxylation sites is 4. The quantitative estimate of drug-likeness (QED) is 0.178. The molecule has 12 aromatic rings.